The normalized spacial score (nSPS) is 25.4. The maximum absolute atomic E-state index is 13.5. The van der Waals surface area contributed by atoms with E-state index in [0.717, 1.165) is 70.6 Å². The summed E-state index contributed by atoms with van der Waals surface area (Å²) in [5.74, 6) is -0.268. The molecule has 3 rings (SSSR count). The van der Waals surface area contributed by atoms with Crippen molar-refractivity contribution in [1.82, 2.24) is 5.32 Å². The number of nitrogens with one attached hydrogen (secondary N) is 1. The van der Waals surface area contributed by atoms with Crippen molar-refractivity contribution in [3.63, 3.8) is 0 Å². The van der Waals surface area contributed by atoms with Crippen molar-refractivity contribution in [3.05, 3.63) is 60.8 Å². The fraction of sp³-hybridized carbons (Fsp3) is 0.879. The van der Waals surface area contributed by atoms with Gasteiger partial charge in [-0.2, -0.15) is 0 Å². The molecule has 0 radical (unpaired) electrons. The molecule has 19 nitrogen and oxygen atoms in total. The molecule has 3 fully saturated rings. The van der Waals surface area contributed by atoms with Crippen molar-refractivity contribution in [2.45, 2.75) is 484 Å². The molecule has 3 aliphatic rings. The first kappa shape index (κ1) is 102. The van der Waals surface area contributed by atoms with Gasteiger partial charge in [0, 0.05) is 6.42 Å². The van der Waals surface area contributed by atoms with Crippen LogP contribution in [0, 0.1) is 0 Å². The van der Waals surface area contributed by atoms with Crippen molar-refractivity contribution < 1.29 is 89.4 Å². The van der Waals surface area contributed by atoms with Crippen molar-refractivity contribution in [1.29, 1.82) is 0 Å². The van der Waals surface area contributed by atoms with E-state index >= 15 is 0 Å². The van der Waals surface area contributed by atoms with E-state index in [1.165, 1.54) is 283 Å². The van der Waals surface area contributed by atoms with Gasteiger partial charge in [0.05, 0.1) is 38.6 Å². The number of aliphatic hydroxyl groups excluding tert-OH is 11. The molecule has 3 aliphatic heterocycles. The molecule has 19 heteroatoms. The lowest BCUT2D eigenvalue weighted by molar-refractivity contribution is -0.379. The van der Waals surface area contributed by atoms with E-state index in [-0.39, 0.29) is 18.9 Å². The van der Waals surface area contributed by atoms with Gasteiger partial charge in [0.25, 0.3) is 0 Å². The van der Waals surface area contributed by atoms with Gasteiger partial charge in [-0.1, -0.05) is 376 Å². The van der Waals surface area contributed by atoms with Crippen LogP contribution in [0.4, 0.5) is 0 Å². The van der Waals surface area contributed by atoms with Crippen molar-refractivity contribution in [2.24, 2.45) is 0 Å². The molecule has 0 aliphatic carbocycles. The summed E-state index contributed by atoms with van der Waals surface area (Å²) >= 11 is 0. The van der Waals surface area contributed by atoms with Gasteiger partial charge in [-0.3, -0.25) is 4.79 Å². The summed E-state index contributed by atoms with van der Waals surface area (Å²) < 4.78 is 34.5. The number of carbonyl (C=O) groups excluding carboxylic acids is 1. The van der Waals surface area contributed by atoms with Crippen molar-refractivity contribution in [2.75, 3.05) is 26.4 Å². The van der Waals surface area contributed by atoms with Crippen LogP contribution in [0.15, 0.2) is 60.8 Å². The molecule has 17 atom stereocenters. The maximum Gasteiger partial charge on any atom is 0.220 e. The van der Waals surface area contributed by atoms with Crippen LogP contribution in [-0.4, -0.2) is 193 Å². The minimum atomic E-state index is -1.98. The van der Waals surface area contributed by atoms with E-state index in [0.29, 0.717) is 6.42 Å². The highest BCUT2D eigenvalue weighted by molar-refractivity contribution is 5.76. The number of unbranched alkanes of at least 4 members (excludes halogenated alkanes) is 50. The summed E-state index contributed by atoms with van der Waals surface area (Å²) in [6.45, 7) is 1.69. The average Bonchev–Trinajstić information content (AvgIpc) is 0.780. The minimum absolute atomic E-state index is 0.247. The zero-order valence-corrected chi connectivity index (χ0v) is 69.5. The van der Waals surface area contributed by atoms with Crippen LogP contribution in [0.3, 0.4) is 0 Å². The highest BCUT2D eigenvalue weighted by Crippen LogP contribution is 2.34. The molecular formula is C91H167NO18. The van der Waals surface area contributed by atoms with E-state index < -0.39 is 124 Å². The topological polar surface area (TPSA) is 307 Å². The summed E-state index contributed by atoms with van der Waals surface area (Å²) in [5, 5.41) is 121. The van der Waals surface area contributed by atoms with E-state index in [2.05, 4.69) is 67.8 Å². The minimum Gasteiger partial charge on any atom is -0.394 e. The first-order valence-corrected chi connectivity index (χ1v) is 45.5. The molecule has 1 amide bonds. The Morgan fingerprint density at radius 3 is 0.982 bits per heavy atom. The summed E-state index contributed by atoms with van der Waals surface area (Å²) in [4.78, 5) is 13.5. The summed E-state index contributed by atoms with van der Waals surface area (Å²) in [6, 6.07) is -0.974. The van der Waals surface area contributed by atoms with Gasteiger partial charge in [-0.25, -0.2) is 0 Å². The zero-order valence-electron chi connectivity index (χ0n) is 69.5. The summed E-state index contributed by atoms with van der Waals surface area (Å²) in [5.41, 5.74) is 0. The van der Waals surface area contributed by atoms with Crippen LogP contribution in [0.25, 0.3) is 0 Å². The van der Waals surface area contributed by atoms with Crippen LogP contribution in [0.2, 0.25) is 0 Å². The van der Waals surface area contributed by atoms with Crippen molar-refractivity contribution >= 4 is 5.91 Å². The number of carbonyl (C=O) groups is 1. The number of amides is 1. The van der Waals surface area contributed by atoms with Crippen LogP contribution < -0.4 is 5.32 Å². The third-order valence-corrected chi connectivity index (χ3v) is 22.6. The lowest BCUT2D eigenvalue weighted by atomic mass is 9.96. The van der Waals surface area contributed by atoms with Gasteiger partial charge in [0.1, 0.15) is 73.2 Å². The highest BCUT2D eigenvalue weighted by Gasteiger charge is 2.54. The Balaban J connectivity index is 1.30. The van der Waals surface area contributed by atoms with E-state index in [1.54, 1.807) is 6.08 Å². The summed E-state index contributed by atoms with van der Waals surface area (Å²) in [7, 11) is 0. The second kappa shape index (κ2) is 70.7. The number of rotatable bonds is 74. The SMILES string of the molecule is CC/C=C\C/C=C\C/C=C\C/C=C\CCCCCCCCCCCCCCCCCCCCCCCCCCCCC(=O)NC(COC1OC(CO)C(OC2OC(CO)C(OC3OC(CO)C(O)C(O)C3O)C(O)C2O)C(O)C1O)C(O)/C=C/CCCCCCCCCCCCCCCCCCCCCCCCCC. The zero-order chi connectivity index (χ0) is 79.5. The summed E-state index contributed by atoms with van der Waals surface area (Å²) in [6.07, 6.45) is 66.6. The Bertz CT molecular complexity index is 2220. The fourth-order valence-electron chi connectivity index (χ4n) is 15.4. The van der Waals surface area contributed by atoms with E-state index in [9.17, 15) is 61.0 Å². The molecule has 3 saturated heterocycles. The second-order valence-corrected chi connectivity index (χ2v) is 32.4. The second-order valence-electron chi connectivity index (χ2n) is 32.4. The lowest BCUT2D eigenvalue weighted by Gasteiger charge is -2.48. The predicted octanol–water partition coefficient (Wildman–Crippen LogP) is 17.4. The molecule has 12 N–H and O–H groups in total. The molecule has 0 aromatic carbocycles. The van der Waals surface area contributed by atoms with Crippen LogP contribution in [0.5, 0.6) is 0 Å². The third kappa shape index (κ3) is 48.9. The third-order valence-electron chi connectivity index (χ3n) is 22.6. The maximum atomic E-state index is 13.5. The van der Waals surface area contributed by atoms with Crippen molar-refractivity contribution in [3.8, 4) is 0 Å². The van der Waals surface area contributed by atoms with Gasteiger partial charge < -0.3 is 89.9 Å². The molecule has 0 aromatic rings. The highest BCUT2D eigenvalue weighted by atomic mass is 16.8. The Kier molecular flexibility index (Phi) is 65.3. The molecular weight excluding hydrogens is 1390 g/mol. The monoisotopic (exact) mass is 1560 g/mol. The lowest BCUT2D eigenvalue weighted by Crippen LogP contribution is -2.66. The van der Waals surface area contributed by atoms with E-state index in [1.807, 2.05) is 6.08 Å². The molecule has 0 bridgehead atoms. The number of hydrogen-bond donors (Lipinski definition) is 12. The Morgan fingerprint density at radius 2 is 0.627 bits per heavy atom. The molecule has 17 unspecified atom stereocenters. The molecule has 0 spiro atoms. The van der Waals surface area contributed by atoms with E-state index in [4.69, 9.17) is 28.4 Å². The van der Waals surface area contributed by atoms with Gasteiger partial charge in [0.15, 0.2) is 18.9 Å². The van der Waals surface area contributed by atoms with Crippen LogP contribution >= 0.6 is 0 Å². The quantitative estimate of drug-likeness (QED) is 0.0199. The molecule has 644 valence electrons. The molecule has 3 heterocycles. The number of allylic oxidation sites excluding steroid dienone is 9. The van der Waals surface area contributed by atoms with Gasteiger partial charge in [0.2, 0.25) is 5.91 Å². The van der Waals surface area contributed by atoms with Crippen LogP contribution in [0.1, 0.15) is 380 Å². The Hall–Kier alpha value is -2.51. The molecule has 0 saturated carbocycles. The number of hydrogen-bond acceptors (Lipinski definition) is 18. The predicted molar refractivity (Wildman–Crippen MR) is 443 cm³/mol. The molecule has 0 aromatic heterocycles. The average molecular weight is 1560 g/mol. The van der Waals surface area contributed by atoms with Crippen LogP contribution in [-0.2, 0) is 33.2 Å². The molecule has 110 heavy (non-hydrogen) atoms. The largest absolute Gasteiger partial charge is 0.394 e. The number of ether oxygens (including phenoxy) is 6. The first-order chi connectivity index (χ1) is 53.8. The number of aliphatic hydroxyl groups is 11. The fourth-order valence-corrected chi connectivity index (χ4v) is 15.4. The Morgan fingerprint density at radius 1 is 0.336 bits per heavy atom. The standard InChI is InChI=1S/C91H167NO18/c1-3-5-7-9-11-13-15-17-19-21-23-25-27-29-31-32-33-34-35-36-37-38-39-40-41-42-43-45-47-49-51-53-55-57-59-61-63-65-67-69-79(97)92-74(75(96)68-66-64-62-60-58-56-54-52-50-48-46-44-30-28-26-24-22-20-18-16-14-12-10-8-6-4-2)73-105-89-85(103)82(100)87(77(71-94)107-89)110-91-86(104)83(101)88(78(72-95)108-91)109-90-84(102)81(99)80(98)76(70-93)106-90/h5,7,11,13,17,19,23,25,66,68,74-78,80-91,93-96,98-104H,3-4,6,8-10,12,14-16,18,20-22,24,26-65,67,69-73H2,1-2H3,(H,92,97)/b7-5-,13-11-,19-17-,25-23-,68-66+. The van der Waals surface area contributed by atoms with Gasteiger partial charge >= 0.3 is 0 Å². The smallest absolute Gasteiger partial charge is 0.220 e. The Labute approximate surface area is 668 Å². The van der Waals surface area contributed by atoms with Gasteiger partial charge in [-0.05, 0) is 57.8 Å². The van der Waals surface area contributed by atoms with Gasteiger partial charge in [-0.15, -0.1) is 0 Å². The first-order valence-electron chi connectivity index (χ1n) is 45.5.